The Bertz CT molecular complexity index is 616. The summed E-state index contributed by atoms with van der Waals surface area (Å²) in [5.41, 5.74) is 1.80. The molecule has 4 heteroatoms. The maximum absolute atomic E-state index is 12.4. The summed E-state index contributed by atoms with van der Waals surface area (Å²) in [4.78, 5) is 12.4. The number of carbonyl (C=O) groups is 1. The molecule has 2 rings (SSSR count). The molecule has 0 aromatic heterocycles. The van der Waals surface area contributed by atoms with Crippen molar-refractivity contribution in [1.29, 1.82) is 0 Å². The fraction of sp³-hybridized carbons (Fsp3) is 0.381. The van der Waals surface area contributed by atoms with Crippen LogP contribution in [0.2, 0.25) is 0 Å². The van der Waals surface area contributed by atoms with Gasteiger partial charge in [0.15, 0.2) is 0 Å². The van der Waals surface area contributed by atoms with Crippen molar-refractivity contribution in [2.75, 3.05) is 6.54 Å². The quantitative estimate of drug-likeness (QED) is 0.648. The van der Waals surface area contributed by atoms with Gasteiger partial charge in [0.2, 0.25) is 0 Å². The Morgan fingerprint density at radius 1 is 1.08 bits per heavy atom. The number of hydrogen-bond acceptors (Lipinski definition) is 4. The van der Waals surface area contributed by atoms with E-state index in [-0.39, 0.29) is 12.6 Å². The highest BCUT2D eigenvalue weighted by molar-refractivity contribution is 5.75. The van der Waals surface area contributed by atoms with Crippen molar-refractivity contribution in [2.45, 2.75) is 44.9 Å². The molecule has 0 spiro atoms. The highest BCUT2D eigenvalue weighted by atomic mass is 16.5. The summed E-state index contributed by atoms with van der Waals surface area (Å²) in [6.07, 6.45) is 1.99. The van der Waals surface area contributed by atoms with Gasteiger partial charge in [-0.1, -0.05) is 80.4 Å². The molecule has 2 aromatic rings. The van der Waals surface area contributed by atoms with Crippen LogP contribution in [0.3, 0.4) is 0 Å². The number of hydrogen-bond donors (Lipinski definition) is 2. The molecule has 4 nitrogen and oxygen atoms in total. The van der Waals surface area contributed by atoms with E-state index in [9.17, 15) is 9.90 Å². The Labute approximate surface area is 149 Å². The van der Waals surface area contributed by atoms with E-state index < -0.39 is 12.1 Å². The maximum Gasteiger partial charge on any atom is 0.323 e. The van der Waals surface area contributed by atoms with E-state index in [4.69, 9.17) is 4.74 Å². The molecule has 2 N–H and O–H groups in total. The Hall–Kier alpha value is -2.17. The smallest absolute Gasteiger partial charge is 0.323 e. The Morgan fingerprint density at radius 2 is 1.72 bits per heavy atom. The molecule has 0 aliphatic carbocycles. The average molecular weight is 341 g/mol. The summed E-state index contributed by atoms with van der Waals surface area (Å²) in [7, 11) is 0. The molecule has 0 bridgehead atoms. The lowest BCUT2D eigenvalue weighted by atomic mass is 10.1. The predicted molar refractivity (Wildman–Crippen MR) is 99.0 cm³/mol. The number of ether oxygens (including phenoxy) is 1. The molecule has 0 saturated carbocycles. The monoisotopic (exact) mass is 341 g/mol. The largest absolute Gasteiger partial charge is 0.460 e. The summed E-state index contributed by atoms with van der Waals surface area (Å²) < 4.78 is 5.44. The van der Waals surface area contributed by atoms with E-state index in [2.05, 4.69) is 12.2 Å². The first-order valence-corrected chi connectivity index (χ1v) is 8.87. The topological polar surface area (TPSA) is 58.6 Å². The summed E-state index contributed by atoms with van der Waals surface area (Å²) in [6.45, 7) is 2.68. The minimum absolute atomic E-state index is 0.266. The van der Waals surface area contributed by atoms with Crippen molar-refractivity contribution in [3.05, 3.63) is 71.8 Å². The summed E-state index contributed by atoms with van der Waals surface area (Å²) >= 11 is 0. The highest BCUT2D eigenvalue weighted by Gasteiger charge is 2.20. The number of nitrogens with one attached hydrogen (secondary N) is 1. The van der Waals surface area contributed by atoms with Gasteiger partial charge in [-0.05, 0) is 17.5 Å². The Kier molecular flexibility index (Phi) is 8.16. The fourth-order valence-electron chi connectivity index (χ4n) is 2.59. The minimum atomic E-state index is -0.646. The predicted octanol–water partition coefficient (Wildman–Crippen LogP) is 3.61. The van der Waals surface area contributed by atoms with Gasteiger partial charge in [-0.25, -0.2) is 0 Å². The first-order valence-electron chi connectivity index (χ1n) is 8.87. The lowest BCUT2D eigenvalue weighted by Crippen LogP contribution is -2.40. The van der Waals surface area contributed by atoms with Gasteiger partial charge in [-0.15, -0.1) is 0 Å². The summed E-state index contributed by atoms with van der Waals surface area (Å²) in [5, 5.41) is 13.4. The number of benzene rings is 2. The van der Waals surface area contributed by atoms with E-state index >= 15 is 0 Å². The molecule has 0 saturated heterocycles. The van der Waals surface area contributed by atoms with Crippen LogP contribution in [-0.4, -0.2) is 23.7 Å². The number of aliphatic hydroxyl groups excluding tert-OH is 1. The molecule has 2 unspecified atom stereocenters. The van der Waals surface area contributed by atoms with Crippen molar-refractivity contribution in [3.8, 4) is 0 Å². The van der Waals surface area contributed by atoms with E-state index in [1.54, 1.807) is 0 Å². The molecule has 25 heavy (non-hydrogen) atoms. The van der Waals surface area contributed by atoms with Gasteiger partial charge in [-0.3, -0.25) is 4.79 Å². The molecule has 0 heterocycles. The Morgan fingerprint density at radius 3 is 2.36 bits per heavy atom. The van der Waals surface area contributed by atoms with Gasteiger partial charge in [0, 0.05) is 6.54 Å². The third-order valence-electron chi connectivity index (χ3n) is 4.10. The third-order valence-corrected chi connectivity index (χ3v) is 4.10. The molecular formula is C21H27NO3. The number of rotatable bonds is 10. The fourth-order valence-corrected chi connectivity index (χ4v) is 2.59. The van der Waals surface area contributed by atoms with Crippen molar-refractivity contribution in [1.82, 2.24) is 5.32 Å². The Balaban J connectivity index is 1.87. The van der Waals surface area contributed by atoms with Gasteiger partial charge in [0.25, 0.3) is 0 Å². The minimum Gasteiger partial charge on any atom is -0.460 e. The molecule has 0 aliphatic rings. The van der Waals surface area contributed by atoms with Crippen LogP contribution in [0, 0.1) is 0 Å². The highest BCUT2D eigenvalue weighted by Crippen LogP contribution is 2.12. The molecule has 2 atom stereocenters. The maximum atomic E-state index is 12.4. The van der Waals surface area contributed by atoms with Gasteiger partial charge < -0.3 is 15.2 Å². The molecule has 0 fully saturated rings. The van der Waals surface area contributed by atoms with Crippen LogP contribution in [0.5, 0.6) is 0 Å². The van der Waals surface area contributed by atoms with Gasteiger partial charge >= 0.3 is 5.97 Å². The van der Waals surface area contributed by atoms with E-state index in [1.165, 1.54) is 0 Å². The zero-order valence-corrected chi connectivity index (χ0v) is 14.7. The van der Waals surface area contributed by atoms with Crippen LogP contribution in [0.15, 0.2) is 60.7 Å². The molecule has 0 aliphatic heterocycles. The van der Waals surface area contributed by atoms with Crippen LogP contribution < -0.4 is 5.32 Å². The summed E-state index contributed by atoms with van der Waals surface area (Å²) in [5.74, 6) is -0.266. The number of esters is 1. The van der Waals surface area contributed by atoms with Crippen LogP contribution in [0.4, 0.5) is 0 Å². The van der Waals surface area contributed by atoms with Crippen LogP contribution in [0.1, 0.15) is 43.4 Å². The van der Waals surface area contributed by atoms with E-state index in [0.29, 0.717) is 13.0 Å². The van der Waals surface area contributed by atoms with Crippen molar-refractivity contribution in [3.63, 3.8) is 0 Å². The second-order valence-corrected chi connectivity index (χ2v) is 6.12. The average Bonchev–Trinajstić information content (AvgIpc) is 2.67. The first-order chi connectivity index (χ1) is 12.2. The lowest BCUT2D eigenvalue weighted by Gasteiger charge is -2.20. The van der Waals surface area contributed by atoms with Gasteiger partial charge in [0.1, 0.15) is 12.6 Å². The first kappa shape index (κ1) is 19.2. The molecule has 0 radical (unpaired) electrons. The van der Waals surface area contributed by atoms with Crippen LogP contribution in [0.25, 0.3) is 0 Å². The second kappa shape index (κ2) is 10.6. The lowest BCUT2D eigenvalue weighted by molar-refractivity contribution is -0.147. The van der Waals surface area contributed by atoms with Crippen molar-refractivity contribution in [2.24, 2.45) is 0 Å². The number of unbranched alkanes of at least 4 members (excludes halogenated alkanes) is 1. The third kappa shape index (κ3) is 6.69. The van der Waals surface area contributed by atoms with Crippen LogP contribution in [-0.2, 0) is 16.1 Å². The zero-order valence-electron chi connectivity index (χ0n) is 14.7. The van der Waals surface area contributed by atoms with Gasteiger partial charge in [-0.2, -0.15) is 0 Å². The number of carbonyl (C=O) groups excluding carboxylic acids is 1. The standard InChI is InChI=1S/C21H27NO3/c1-2-3-14-19(21(24)25-16-17-10-6-4-7-11-17)22-15-20(23)18-12-8-5-9-13-18/h4-13,19-20,22-23H,2-3,14-16H2,1H3. The van der Waals surface area contributed by atoms with Crippen LogP contribution >= 0.6 is 0 Å². The number of aliphatic hydroxyl groups is 1. The second-order valence-electron chi connectivity index (χ2n) is 6.12. The molecule has 2 aromatic carbocycles. The molecule has 134 valence electrons. The van der Waals surface area contributed by atoms with E-state index in [0.717, 1.165) is 24.0 Å². The summed E-state index contributed by atoms with van der Waals surface area (Å²) in [6, 6.07) is 18.7. The van der Waals surface area contributed by atoms with Crippen molar-refractivity contribution >= 4 is 5.97 Å². The zero-order chi connectivity index (χ0) is 17.9. The normalized spacial score (nSPS) is 13.2. The van der Waals surface area contributed by atoms with Gasteiger partial charge in [0.05, 0.1) is 6.10 Å². The van der Waals surface area contributed by atoms with E-state index in [1.807, 2.05) is 60.7 Å². The molecule has 0 amide bonds. The SMILES string of the molecule is CCCCC(NCC(O)c1ccccc1)C(=O)OCc1ccccc1. The van der Waals surface area contributed by atoms with Crippen molar-refractivity contribution < 1.29 is 14.6 Å². The molecular weight excluding hydrogens is 314 g/mol.